The van der Waals surface area contributed by atoms with Crippen molar-refractivity contribution in [2.45, 2.75) is 17.4 Å². The molecule has 3 aromatic rings. The van der Waals surface area contributed by atoms with Gasteiger partial charge in [-0.1, -0.05) is 36.4 Å². The van der Waals surface area contributed by atoms with E-state index in [4.69, 9.17) is 9.47 Å². The number of methoxy groups -OCH3 is 2. The second-order valence-electron chi connectivity index (χ2n) is 6.94. The third-order valence-corrected chi connectivity index (χ3v) is 6.84. The van der Waals surface area contributed by atoms with Gasteiger partial charge < -0.3 is 9.47 Å². The Morgan fingerprint density at radius 2 is 1.68 bits per heavy atom. The summed E-state index contributed by atoms with van der Waals surface area (Å²) in [5, 5.41) is 4.44. The van der Waals surface area contributed by atoms with Crippen molar-refractivity contribution in [1.29, 1.82) is 0 Å². The van der Waals surface area contributed by atoms with Crippen LogP contribution in [0.1, 0.15) is 23.6 Å². The first-order valence-electron chi connectivity index (χ1n) is 9.59. The number of hydrazone groups is 1. The molecule has 8 heteroatoms. The minimum absolute atomic E-state index is 0.0861. The van der Waals surface area contributed by atoms with Crippen molar-refractivity contribution in [1.82, 2.24) is 4.41 Å². The molecule has 3 aromatic carbocycles. The Morgan fingerprint density at radius 3 is 2.35 bits per heavy atom. The molecule has 0 aliphatic carbocycles. The summed E-state index contributed by atoms with van der Waals surface area (Å²) in [4.78, 5) is 0.0861. The highest BCUT2D eigenvalue weighted by Gasteiger charge is 2.39. The van der Waals surface area contributed by atoms with Crippen LogP contribution in [-0.4, -0.2) is 32.8 Å². The van der Waals surface area contributed by atoms with Gasteiger partial charge in [-0.2, -0.15) is 17.9 Å². The normalized spacial score (nSPS) is 16.2. The molecule has 1 aliphatic rings. The number of sulfonamides is 1. The first-order chi connectivity index (χ1) is 15.0. The lowest BCUT2D eigenvalue weighted by Gasteiger charge is -2.23. The summed E-state index contributed by atoms with van der Waals surface area (Å²) in [7, 11) is -0.952. The fourth-order valence-corrected chi connectivity index (χ4v) is 5.03. The Balaban J connectivity index is 1.85. The minimum Gasteiger partial charge on any atom is -0.497 e. The predicted molar refractivity (Wildman–Crippen MR) is 115 cm³/mol. The maximum absolute atomic E-state index is 14.7. The molecule has 0 saturated heterocycles. The molecule has 1 aliphatic heterocycles. The van der Waals surface area contributed by atoms with E-state index in [1.54, 1.807) is 61.7 Å². The van der Waals surface area contributed by atoms with Crippen LogP contribution in [-0.2, 0) is 10.0 Å². The molecule has 0 N–H and O–H groups in total. The quantitative estimate of drug-likeness (QED) is 0.570. The fourth-order valence-electron chi connectivity index (χ4n) is 3.59. The van der Waals surface area contributed by atoms with Crippen molar-refractivity contribution in [2.75, 3.05) is 14.2 Å². The lowest BCUT2D eigenvalue weighted by atomic mass is 9.98. The maximum Gasteiger partial charge on any atom is 0.279 e. The Hall–Kier alpha value is -3.39. The molecule has 31 heavy (non-hydrogen) atoms. The average Bonchev–Trinajstić information content (AvgIpc) is 3.25. The first kappa shape index (κ1) is 20.9. The zero-order valence-corrected chi connectivity index (χ0v) is 17.8. The molecular formula is C23H21FN2O4S. The molecule has 1 heterocycles. The van der Waals surface area contributed by atoms with E-state index in [1.807, 2.05) is 0 Å². The lowest BCUT2D eigenvalue weighted by molar-refractivity contribution is 0.362. The van der Waals surface area contributed by atoms with Crippen molar-refractivity contribution in [3.8, 4) is 11.5 Å². The molecule has 0 bridgehead atoms. The number of nitrogens with zero attached hydrogens (tertiary/aromatic N) is 2. The summed E-state index contributed by atoms with van der Waals surface area (Å²) in [6, 6.07) is 18.5. The van der Waals surface area contributed by atoms with Crippen molar-refractivity contribution in [3.63, 3.8) is 0 Å². The highest BCUT2D eigenvalue weighted by Crippen LogP contribution is 2.40. The van der Waals surface area contributed by atoms with Crippen LogP contribution in [0.15, 0.2) is 82.8 Å². The van der Waals surface area contributed by atoms with Gasteiger partial charge in [0.15, 0.2) is 0 Å². The monoisotopic (exact) mass is 440 g/mol. The van der Waals surface area contributed by atoms with Gasteiger partial charge in [0.25, 0.3) is 10.0 Å². The van der Waals surface area contributed by atoms with Crippen molar-refractivity contribution in [2.24, 2.45) is 5.10 Å². The number of hydrogen-bond acceptors (Lipinski definition) is 5. The topological polar surface area (TPSA) is 68.2 Å². The van der Waals surface area contributed by atoms with E-state index in [0.717, 1.165) is 4.41 Å². The third-order valence-electron chi connectivity index (χ3n) is 5.14. The molecule has 1 unspecified atom stereocenters. The number of ether oxygens (including phenoxy) is 2. The summed E-state index contributed by atoms with van der Waals surface area (Å²) in [5.74, 6) is 0.599. The average molecular weight is 440 g/mol. The van der Waals surface area contributed by atoms with Gasteiger partial charge in [0.2, 0.25) is 0 Å². The van der Waals surface area contributed by atoms with E-state index in [0.29, 0.717) is 22.8 Å². The van der Waals surface area contributed by atoms with Gasteiger partial charge >= 0.3 is 0 Å². The van der Waals surface area contributed by atoms with E-state index in [9.17, 15) is 12.8 Å². The molecule has 1 atom stereocenters. The molecule has 0 spiro atoms. The first-order valence-corrected chi connectivity index (χ1v) is 11.0. The van der Waals surface area contributed by atoms with Gasteiger partial charge in [0, 0.05) is 23.6 Å². The van der Waals surface area contributed by atoms with Gasteiger partial charge in [-0.05, 0) is 30.3 Å². The highest BCUT2D eigenvalue weighted by molar-refractivity contribution is 7.89. The largest absolute Gasteiger partial charge is 0.497 e. The van der Waals surface area contributed by atoms with Gasteiger partial charge in [-0.15, -0.1) is 0 Å². The zero-order valence-electron chi connectivity index (χ0n) is 17.0. The van der Waals surface area contributed by atoms with E-state index in [-0.39, 0.29) is 16.9 Å². The number of hydrogen-bond donors (Lipinski definition) is 0. The van der Waals surface area contributed by atoms with Gasteiger partial charge in [0.05, 0.1) is 30.9 Å². The van der Waals surface area contributed by atoms with Crippen molar-refractivity contribution >= 4 is 15.7 Å². The summed E-state index contributed by atoms with van der Waals surface area (Å²) >= 11 is 0. The SMILES string of the molecule is COc1ccc(C2=NN(S(=O)(=O)c3ccccc3)C(c3ccccc3F)C2)c(OC)c1. The maximum atomic E-state index is 14.7. The van der Waals surface area contributed by atoms with Crippen LogP contribution in [0.25, 0.3) is 0 Å². The Labute approximate surface area is 180 Å². The van der Waals surface area contributed by atoms with Gasteiger partial charge in [0.1, 0.15) is 17.3 Å². The lowest BCUT2D eigenvalue weighted by Crippen LogP contribution is -2.27. The smallest absolute Gasteiger partial charge is 0.279 e. The molecule has 0 radical (unpaired) electrons. The van der Waals surface area contributed by atoms with E-state index in [2.05, 4.69) is 5.10 Å². The van der Waals surface area contributed by atoms with Crippen molar-refractivity contribution in [3.05, 3.63) is 89.7 Å². The van der Waals surface area contributed by atoms with Crippen LogP contribution in [0.3, 0.4) is 0 Å². The summed E-state index contributed by atoms with van der Waals surface area (Å²) in [6.45, 7) is 0. The number of rotatable bonds is 6. The number of benzene rings is 3. The molecule has 0 amide bonds. The van der Waals surface area contributed by atoms with E-state index < -0.39 is 21.9 Å². The van der Waals surface area contributed by atoms with Crippen LogP contribution in [0.2, 0.25) is 0 Å². The fraction of sp³-hybridized carbons (Fsp3) is 0.174. The number of halogens is 1. The van der Waals surface area contributed by atoms with Crippen LogP contribution in [0, 0.1) is 5.82 Å². The van der Waals surface area contributed by atoms with E-state index >= 15 is 0 Å². The Morgan fingerprint density at radius 1 is 0.968 bits per heavy atom. The molecular weight excluding hydrogens is 419 g/mol. The second-order valence-corrected chi connectivity index (χ2v) is 8.74. The molecule has 6 nitrogen and oxygen atoms in total. The predicted octanol–water partition coefficient (Wildman–Crippen LogP) is 4.38. The van der Waals surface area contributed by atoms with Crippen LogP contribution >= 0.6 is 0 Å². The van der Waals surface area contributed by atoms with Gasteiger partial charge in [-0.25, -0.2) is 4.39 Å². The summed E-state index contributed by atoms with van der Waals surface area (Å²) in [5.41, 5.74) is 1.36. The molecule has 160 valence electrons. The highest BCUT2D eigenvalue weighted by atomic mass is 32.2. The second kappa shape index (κ2) is 8.39. The zero-order chi connectivity index (χ0) is 22.0. The molecule has 0 fully saturated rings. The molecule has 0 saturated carbocycles. The molecule has 0 aromatic heterocycles. The van der Waals surface area contributed by atoms with Gasteiger partial charge in [-0.3, -0.25) is 0 Å². The van der Waals surface area contributed by atoms with Crippen LogP contribution in [0.4, 0.5) is 4.39 Å². The van der Waals surface area contributed by atoms with Crippen LogP contribution in [0.5, 0.6) is 11.5 Å². The van der Waals surface area contributed by atoms with Crippen LogP contribution < -0.4 is 9.47 Å². The standard InChI is InChI=1S/C23H21FN2O4S/c1-29-16-12-13-19(23(14-16)30-2)21-15-22(18-10-6-7-11-20(18)24)26(25-21)31(27,28)17-8-4-3-5-9-17/h3-14,22H,15H2,1-2H3. The minimum atomic E-state index is -4.01. The Kier molecular flexibility index (Phi) is 5.65. The third kappa shape index (κ3) is 3.86. The summed E-state index contributed by atoms with van der Waals surface area (Å²) in [6.07, 6.45) is 0.190. The molecule has 4 rings (SSSR count). The van der Waals surface area contributed by atoms with Crippen molar-refractivity contribution < 1.29 is 22.3 Å². The Bertz CT molecular complexity index is 1230. The summed E-state index contributed by atoms with van der Waals surface area (Å²) < 4.78 is 53.2. The van der Waals surface area contributed by atoms with E-state index in [1.165, 1.54) is 25.3 Å².